The summed E-state index contributed by atoms with van der Waals surface area (Å²) in [5, 5.41) is 8.90. The van der Waals surface area contributed by atoms with Crippen LogP contribution in [0.5, 0.6) is 0 Å². The molecule has 7 heteroatoms. The first-order valence-electron chi connectivity index (χ1n) is 7.30. The van der Waals surface area contributed by atoms with Gasteiger partial charge in [-0.2, -0.15) is 4.31 Å². The van der Waals surface area contributed by atoms with Crippen molar-refractivity contribution in [1.29, 1.82) is 0 Å². The predicted molar refractivity (Wildman–Crippen MR) is 84.5 cm³/mol. The Labute approximate surface area is 131 Å². The lowest BCUT2D eigenvalue weighted by atomic mass is 9.96. The number of carboxylic acids is 1. The van der Waals surface area contributed by atoms with Gasteiger partial charge in [0.1, 0.15) is 0 Å². The van der Waals surface area contributed by atoms with Gasteiger partial charge in [-0.05, 0) is 37.0 Å². The Bertz CT molecular complexity index is 643. The molecule has 0 aromatic heterocycles. The zero-order chi connectivity index (χ0) is 16.3. The number of rotatable bonds is 5. The number of aliphatic carboxylic acids is 1. The third kappa shape index (κ3) is 3.78. The van der Waals surface area contributed by atoms with E-state index in [1.807, 2.05) is 25.1 Å². The molecule has 0 bridgehead atoms. The van der Waals surface area contributed by atoms with E-state index < -0.39 is 16.0 Å². The minimum Gasteiger partial charge on any atom is -0.481 e. The van der Waals surface area contributed by atoms with Crippen molar-refractivity contribution in [1.82, 2.24) is 4.31 Å². The number of sulfonamides is 1. The number of carboxylic acid groups (broad SMARTS) is 1. The number of anilines is 1. The molecular formula is C15H22N2O4S. The van der Waals surface area contributed by atoms with Gasteiger partial charge in [0.05, 0.1) is 4.90 Å². The lowest BCUT2D eigenvalue weighted by Crippen LogP contribution is -2.40. The van der Waals surface area contributed by atoms with E-state index in [0.29, 0.717) is 13.0 Å². The third-order valence-electron chi connectivity index (χ3n) is 3.92. The van der Waals surface area contributed by atoms with Gasteiger partial charge in [-0.3, -0.25) is 4.79 Å². The van der Waals surface area contributed by atoms with Gasteiger partial charge in [0.15, 0.2) is 0 Å². The Balaban J connectivity index is 2.22. The van der Waals surface area contributed by atoms with Crippen molar-refractivity contribution in [2.24, 2.45) is 5.92 Å². The van der Waals surface area contributed by atoms with Gasteiger partial charge >= 0.3 is 5.97 Å². The molecular weight excluding hydrogens is 304 g/mol. The highest BCUT2D eigenvalue weighted by Gasteiger charge is 2.31. The van der Waals surface area contributed by atoms with E-state index in [4.69, 9.17) is 5.11 Å². The maximum absolute atomic E-state index is 12.8. The zero-order valence-corrected chi connectivity index (χ0v) is 13.7. The first-order valence-corrected chi connectivity index (χ1v) is 8.74. The standard InChI is InChI=1S/C15H22N2O4S/c1-16(2)13-6-3-7-14(10-13)22(20,21)17-8-4-5-12(11-17)9-15(18)19/h3,6-7,10,12H,4-5,8-9,11H2,1-2H3,(H,18,19). The zero-order valence-electron chi connectivity index (χ0n) is 12.9. The second-order valence-electron chi connectivity index (χ2n) is 5.86. The Hall–Kier alpha value is -1.60. The molecule has 6 nitrogen and oxygen atoms in total. The number of benzene rings is 1. The molecule has 0 aliphatic carbocycles. The Morgan fingerprint density at radius 2 is 2.14 bits per heavy atom. The Morgan fingerprint density at radius 3 is 2.77 bits per heavy atom. The van der Waals surface area contributed by atoms with E-state index in [-0.39, 0.29) is 23.8 Å². The fraction of sp³-hybridized carbons (Fsp3) is 0.533. The molecule has 22 heavy (non-hydrogen) atoms. The van der Waals surface area contributed by atoms with E-state index >= 15 is 0 Å². The summed E-state index contributed by atoms with van der Waals surface area (Å²) in [6.45, 7) is 0.728. The average molecular weight is 326 g/mol. The summed E-state index contributed by atoms with van der Waals surface area (Å²) < 4.78 is 26.9. The summed E-state index contributed by atoms with van der Waals surface area (Å²) in [6, 6.07) is 6.81. The van der Waals surface area contributed by atoms with Crippen LogP contribution >= 0.6 is 0 Å². The van der Waals surface area contributed by atoms with Crippen molar-refractivity contribution in [3.05, 3.63) is 24.3 Å². The van der Waals surface area contributed by atoms with Crippen LogP contribution in [0, 0.1) is 5.92 Å². The van der Waals surface area contributed by atoms with E-state index in [1.54, 1.807) is 18.2 Å². The highest BCUT2D eigenvalue weighted by Crippen LogP contribution is 2.27. The van der Waals surface area contributed by atoms with E-state index in [1.165, 1.54) is 4.31 Å². The largest absolute Gasteiger partial charge is 0.481 e. The number of nitrogens with zero attached hydrogens (tertiary/aromatic N) is 2. The van der Waals surface area contributed by atoms with Crippen LogP contribution in [0.1, 0.15) is 19.3 Å². The maximum Gasteiger partial charge on any atom is 0.303 e. The Kier molecular flexibility index (Phi) is 5.08. The van der Waals surface area contributed by atoms with Crippen molar-refractivity contribution in [3.63, 3.8) is 0 Å². The maximum atomic E-state index is 12.8. The first-order chi connectivity index (χ1) is 10.3. The molecule has 1 aromatic carbocycles. The Morgan fingerprint density at radius 1 is 1.41 bits per heavy atom. The molecule has 0 saturated carbocycles. The molecule has 122 valence electrons. The van der Waals surface area contributed by atoms with Gasteiger partial charge in [0.25, 0.3) is 0 Å². The van der Waals surface area contributed by atoms with Crippen LogP contribution in [0.4, 0.5) is 5.69 Å². The fourth-order valence-corrected chi connectivity index (χ4v) is 4.32. The first kappa shape index (κ1) is 16.8. The van der Waals surface area contributed by atoms with E-state index in [0.717, 1.165) is 12.1 Å². The van der Waals surface area contributed by atoms with Gasteiger partial charge in [-0.15, -0.1) is 0 Å². The summed E-state index contributed by atoms with van der Waals surface area (Å²) in [5.74, 6) is -0.989. The van der Waals surface area contributed by atoms with Gasteiger partial charge in [-0.25, -0.2) is 8.42 Å². The molecule has 0 spiro atoms. The summed E-state index contributed by atoms with van der Waals surface area (Å²) in [4.78, 5) is 12.9. The van der Waals surface area contributed by atoms with Crippen molar-refractivity contribution < 1.29 is 18.3 Å². The van der Waals surface area contributed by atoms with Crippen LogP contribution in [0.2, 0.25) is 0 Å². The lowest BCUT2D eigenvalue weighted by molar-refractivity contribution is -0.138. The third-order valence-corrected chi connectivity index (χ3v) is 5.78. The minimum atomic E-state index is -3.57. The van der Waals surface area contributed by atoms with E-state index in [2.05, 4.69) is 0 Å². The summed E-state index contributed by atoms with van der Waals surface area (Å²) in [7, 11) is 0.140. The fourth-order valence-electron chi connectivity index (χ4n) is 2.73. The molecule has 1 saturated heterocycles. The number of hydrogen-bond donors (Lipinski definition) is 1. The molecule has 1 heterocycles. The molecule has 1 atom stereocenters. The highest BCUT2D eigenvalue weighted by atomic mass is 32.2. The molecule has 2 rings (SSSR count). The van der Waals surface area contributed by atoms with Crippen LogP contribution in [0.25, 0.3) is 0 Å². The van der Waals surface area contributed by atoms with Crippen LogP contribution in [0.3, 0.4) is 0 Å². The van der Waals surface area contributed by atoms with Crippen LogP contribution in [0.15, 0.2) is 29.2 Å². The van der Waals surface area contributed by atoms with Crippen LogP contribution in [-0.4, -0.2) is 51.0 Å². The molecule has 0 radical (unpaired) electrons. The monoisotopic (exact) mass is 326 g/mol. The van der Waals surface area contributed by atoms with Crippen molar-refractivity contribution in [3.8, 4) is 0 Å². The van der Waals surface area contributed by atoms with Gasteiger partial charge in [-0.1, -0.05) is 6.07 Å². The number of piperidine rings is 1. The van der Waals surface area contributed by atoms with Crippen LogP contribution < -0.4 is 4.90 Å². The molecule has 1 aromatic rings. The van der Waals surface area contributed by atoms with E-state index in [9.17, 15) is 13.2 Å². The minimum absolute atomic E-state index is 0.0176. The molecule has 1 aliphatic rings. The molecule has 1 aliphatic heterocycles. The summed E-state index contributed by atoms with van der Waals surface area (Å²) in [5.41, 5.74) is 0.820. The second-order valence-corrected chi connectivity index (χ2v) is 7.80. The smallest absolute Gasteiger partial charge is 0.303 e. The quantitative estimate of drug-likeness (QED) is 0.890. The lowest BCUT2D eigenvalue weighted by Gasteiger charge is -2.31. The summed E-state index contributed by atoms with van der Waals surface area (Å²) in [6.07, 6.45) is 1.48. The number of hydrogen-bond acceptors (Lipinski definition) is 4. The van der Waals surface area contributed by atoms with Gasteiger partial charge in [0, 0.05) is 39.3 Å². The normalized spacial score (nSPS) is 19.8. The topological polar surface area (TPSA) is 77.9 Å². The highest BCUT2D eigenvalue weighted by molar-refractivity contribution is 7.89. The van der Waals surface area contributed by atoms with Crippen molar-refractivity contribution >= 4 is 21.7 Å². The van der Waals surface area contributed by atoms with Crippen LogP contribution in [-0.2, 0) is 14.8 Å². The molecule has 1 N–H and O–H groups in total. The molecule has 1 fully saturated rings. The number of carbonyl (C=O) groups is 1. The predicted octanol–water partition coefficient (Wildman–Crippen LogP) is 1.63. The second kappa shape index (κ2) is 6.66. The summed E-state index contributed by atoms with van der Waals surface area (Å²) >= 11 is 0. The molecule has 0 amide bonds. The molecule has 1 unspecified atom stereocenters. The van der Waals surface area contributed by atoms with Crippen molar-refractivity contribution in [2.45, 2.75) is 24.2 Å². The van der Waals surface area contributed by atoms with Gasteiger partial charge < -0.3 is 10.0 Å². The SMILES string of the molecule is CN(C)c1cccc(S(=O)(=O)N2CCCC(CC(=O)O)C2)c1. The average Bonchev–Trinajstić information content (AvgIpc) is 2.47. The van der Waals surface area contributed by atoms with Gasteiger partial charge in [0.2, 0.25) is 10.0 Å². The van der Waals surface area contributed by atoms with Crippen molar-refractivity contribution in [2.75, 3.05) is 32.1 Å².